The van der Waals surface area contributed by atoms with Gasteiger partial charge in [0.1, 0.15) is 0 Å². The summed E-state index contributed by atoms with van der Waals surface area (Å²) >= 11 is 1.75. The highest BCUT2D eigenvalue weighted by atomic mass is 32.1. The van der Waals surface area contributed by atoms with Crippen LogP contribution in [0.4, 0.5) is 0 Å². The molecular weight excluding hydrogens is 268 g/mol. The van der Waals surface area contributed by atoms with Gasteiger partial charge in [0, 0.05) is 20.1 Å². The molecule has 0 aromatic carbocycles. The second kappa shape index (κ2) is 9.55. The summed E-state index contributed by atoms with van der Waals surface area (Å²) in [6.07, 6.45) is 1.83. The summed E-state index contributed by atoms with van der Waals surface area (Å²) in [4.78, 5) is 6.67. The number of thiophene rings is 1. The third kappa shape index (κ3) is 4.98. The fourth-order valence-corrected chi connectivity index (χ4v) is 2.88. The first-order chi connectivity index (χ1) is 9.76. The lowest BCUT2D eigenvalue weighted by molar-refractivity contribution is 0.219. The lowest BCUT2D eigenvalue weighted by Crippen LogP contribution is -2.43. The van der Waals surface area contributed by atoms with Gasteiger partial charge in [-0.25, -0.2) is 0 Å². The van der Waals surface area contributed by atoms with Gasteiger partial charge in [-0.1, -0.05) is 19.9 Å². The van der Waals surface area contributed by atoms with Crippen molar-refractivity contribution in [3.8, 4) is 0 Å². The predicted octanol–water partition coefficient (Wildman–Crippen LogP) is 2.48. The molecular formula is C15H26N4S. The lowest BCUT2D eigenvalue weighted by atomic mass is 10.1. The third-order valence-corrected chi connectivity index (χ3v) is 3.98. The van der Waals surface area contributed by atoms with Crippen LogP contribution in [-0.2, 0) is 0 Å². The van der Waals surface area contributed by atoms with Gasteiger partial charge in [0.2, 0.25) is 0 Å². The summed E-state index contributed by atoms with van der Waals surface area (Å²) in [5.41, 5.74) is 1.37. The van der Waals surface area contributed by atoms with Crippen molar-refractivity contribution < 1.29 is 0 Å². The average molecular weight is 294 g/mol. The molecule has 1 unspecified atom stereocenters. The van der Waals surface area contributed by atoms with E-state index in [9.17, 15) is 0 Å². The van der Waals surface area contributed by atoms with Gasteiger partial charge in [0.05, 0.1) is 6.04 Å². The van der Waals surface area contributed by atoms with Crippen LogP contribution in [0.1, 0.15) is 25.5 Å². The van der Waals surface area contributed by atoms with Gasteiger partial charge >= 0.3 is 0 Å². The monoisotopic (exact) mass is 294 g/mol. The number of hydrogen-bond acceptors (Lipinski definition) is 3. The van der Waals surface area contributed by atoms with Crippen LogP contribution in [0.15, 0.2) is 34.5 Å². The van der Waals surface area contributed by atoms with Gasteiger partial charge in [-0.05, 0) is 35.5 Å². The highest BCUT2D eigenvalue weighted by Crippen LogP contribution is 2.22. The Kier molecular flexibility index (Phi) is 7.99. The average Bonchev–Trinajstić information content (AvgIpc) is 3.00. The number of likely N-dealkylation sites (N-methyl/N-ethyl adjacent to an activating group) is 1. The second-order valence-corrected chi connectivity index (χ2v) is 5.20. The molecule has 5 heteroatoms. The lowest BCUT2D eigenvalue weighted by Gasteiger charge is -2.30. The SMILES string of the molecule is C=CCNC(=NC)NCC(c1ccsc1)N(CC)CC. The van der Waals surface area contributed by atoms with Crippen molar-refractivity contribution in [1.82, 2.24) is 15.5 Å². The molecule has 1 heterocycles. The van der Waals surface area contributed by atoms with Crippen molar-refractivity contribution in [2.24, 2.45) is 4.99 Å². The van der Waals surface area contributed by atoms with Crippen LogP contribution in [0.2, 0.25) is 0 Å². The summed E-state index contributed by atoms with van der Waals surface area (Å²) in [7, 11) is 1.79. The van der Waals surface area contributed by atoms with Gasteiger partial charge < -0.3 is 10.6 Å². The molecule has 0 spiro atoms. The van der Waals surface area contributed by atoms with E-state index in [0.717, 1.165) is 25.6 Å². The van der Waals surface area contributed by atoms with E-state index < -0.39 is 0 Å². The van der Waals surface area contributed by atoms with Crippen LogP contribution in [-0.4, -0.2) is 44.1 Å². The quantitative estimate of drug-likeness (QED) is 0.439. The molecule has 0 aliphatic heterocycles. The zero-order valence-corrected chi connectivity index (χ0v) is 13.5. The van der Waals surface area contributed by atoms with E-state index in [1.54, 1.807) is 18.4 Å². The molecule has 4 nitrogen and oxygen atoms in total. The minimum Gasteiger partial charge on any atom is -0.354 e. The Bertz CT molecular complexity index is 396. The summed E-state index contributed by atoms with van der Waals surface area (Å²) in [5.74, 6) is 0.817. The first-order valence-corrected chi connectivity index (χ1v) is 8.02. The maximum Gasteiger partial charge on any atom is 0.191 e. The van der Waals surface area contributed by atoms with Gasteiger partial charge in [0.15, 0.2) is 5.96 Å². The zero-order chi connectivity index (χ0) is 14.8. The number of nitrogens with zero attached hydrogens (tertiary/aromatic N) is 2. The third-order valence-electron chi connectivity index (χ3n) is 3.28. The molecule has 0 aliphatic rings. The van der Waals surface area contributed by atoms with E-state index in [4.69, 9.17) is 0 Å². The molecule has 0 radical (unpaired) electrons. The minimum atomic E-state index is 0.374. The van der Waals surface area contributed by atoms with Crippen LogP contribution >= 0.6 is 11.3 Å². The molecule has 0 aliphatic carbocycles. The molecule has 1 rings (SSSR count). The maximum atomic E-state index is 4.22. The van der Waals surface area contributed by atoms with E-state index in [-0.39, 0.29) is 0 Å². The Balaban J connectivity index is 2.68. The first kappa shape index (κ1) is 16.7. The molecule has 112 valence electrons. The highest BCUT2D eigenvalue weighted by Gasteiger charge is 2.18. The van der Waals surface area contributed by atoms with Crippen LogP contribution < -0.4 is 10.6 Å². The normalized spacial score (nSPS) is 13.3. The highest BCUT2D eigenvalue weighted by molar-refractivity contribution is 7.07. The molecule has 2 N–H and O–H groups in total. The van der Waals surface area contributed by atoms with E-state index in [2.05, 4.69) is 57.8 Å². The molecule has 20 heavy (non-hydrogen) atoms. The molecule has 1 aromatic heterocycles. The Morgan fingerprint density at radius 1 is 1.45 bits per heavy atom. The summed E-state index contributed by atoms with van der Waals surface area (Å²) in [6, 6.07) is 2.58. The topological polar surface area (TPSA) is 39.7 Å². The Morgan fingerprint density at radius 3 is 2.70 bits per heavy atom. The smallest absolute Gasteiger partial charge is 0.191 e. The Hall–Kier alpha value is -1.33. The molecule has 0 saturated heterocycles. The fraction of sp³-hybridized carbons (Fsp3) is 0.533. The molecule has 0 bridgehead atoms. The van der Waals surface area contributed by atoms with Gasteiger partial charge in [-0.3, -0.25) is 9.89 Å². The van der Waals surface area contributed by atoms with Crippen LogP contribution in [0.5, 0.6) is 0 Å². The largest absolute Gasteiger partial charge is 0.354 e. The standard InChI is InChI=1S/C15H26N4S/c1-5-9-17-15(16-4)18-11-14(19(6-2)7-3)13-8-10-20-12-13/h5,8,10,12,14H,1,6-7,9,11H2,2-4H3,(H2,16,17,18). The Morgan fingerprint density at radius 2 is 2.20 bits per heavy atom. The number of rotatable bonds is 8. The molecule has 0 fully saturated rings. The van der Waals surface area contributed by atoms with Gasteiger partial charge in [-0.15, -0.1) is 6.58 Å². The van der Waals surface area contributed by atoms with Crippen molar-refractivity contribution in [3.63, 3.8) is 0 Å². The summed E-state index contributed by atoms with van der Waals surface area (Å²) < 4.78 is 0. The fourth-order valence-electron chi connectivity index (χ4n) is 2.17. The van der Waals surface area contributed by atoms with Crippen LogP contribution in [0.25, 0.3) is 0 Å². The number of nitrogens with one attached hydrogen (secondary N) is 2. The minimum absolute atomic E-state index is 0.374. The summed E-state index contributed by atoms with van der Waals surface area (Å²) in [6.45, 7) is 11.7. The Labute approximate surface area is 126 Å². The van der Waals surface area contributed by atoms with E-state index >= 15 is 0 Å². The van der Waals surface area contributed by atoms with Crippen molar-refractivity contribution in [2.75, 3.05) is 33.2 Å². The molecule has 1 aromatic rings. The zero-order valence-electron chi connectivity index (χ0n) is 12.7. The predicted molar refractivity (Wildman–Crippen MR) is 89.5 cm³/mol. The van der Waals surface area contributed by atoms with Crippen molar-refractivity contribution in [1.29, 1.82) is 0 Å². The van der Waals surface area contributed by atoms with Crippen molar-refractivity contribution in [3.05, 3.63) is 35.0 Å². The van der Waals surface area contributed by atoms with E-state index in [1.165, 1.54) is 5.56 Å². The maximum absolute atomic E-state index is 4.22. The summed E-state index contributed by atoms with van der Waals surface area (Å²) in [5, 5.41) is 11.0. The van der Waals surface area contributed by atoms with Crippen molar-refractivity contribution >= 4 is 17.3 Å². The van der Waals surface area contributed by atoms with Gasteiger partial charge in [-0.2, -0.15) is 11.3 Å². The molecule has 0 saturated carbocycles. The van der Waals surface area contributed by atoms with Gasteiger partial charge in [0.25, 0.3) is 0 Å². The van der Waals surface area contributed by atoms with E-state index in [1.807, 2.05) is 6.08 Å². The van der Waals surface area contributed by atoms with E-state index in [0.29, 0.717) is 12.6 Å². The second-order valence-electron chi connectivity index (χ2n) is 4.42. The van der Waals surface area contributed by atoms with Crippen molar-refractivity contribution in [2.45, 2.75) is 19.9 Å². The number of hydrogen-bond donors (Lipinski definition) is 2. The van der Waals surface area contributed by atoms with Crippen LogP contribution in [0, 0.1) is 0 Å². The van der Waals surface area contributed by atoms with Crippen LogP contribution in [0.3, 0.4) is 0 Å². The number of aliphatic imine (C=N–C) groups is 1. The molecule has 0 amide bonds. The number of guanidine groups is 1. The first-order valence-electron chi connectivity index (χ1n) is 7.08. The molecule has 1 atom stereocenters.